The highest BCUT2D eigenvalue weighted by atomic mass is 16.5. The molecule has 3 aromatic carbocycles. The fourth-order valence-corrected chi connectivity index (χ4v) is 3.39. The largest absolute Gasteiger partial charge is 0.493 e. The van der Waals surface area contributed by atoms with Gasteiger partial charge in [-0.1, -0.05) is 66.7 Å². The summed E-state index contributed by atoms with van der Waals surface area (Å²) in [6.45, 7) is 1.15. The first kappa shape index (κ1) is 17.2. The van der Waals surface area contributed by atoms with Gasteiger partial charge in [0.2, 0.25) is 5.91 Å². The van der Waals surface area contributed by atoms with Gasteiger partial charge in [-0.05, 0) is 30.2 Å². The van der Waals surface area contributed by atoms with Crippen LogP contribution in [-0.2, 0) is 11.3 Å². The van der Waals surface area contributed by atoms with E-state index in [0.717, 1.165) is 22.6 Å². The summed E-state index contributed by atoms with van der Waals surface area (Å²) in [4.78, 5) is 13.1. The Morgan fingerprint density at radius 1 is 0.926 bits per heavy atom. The van der Waals surface area contributed by atoms with Crippen LogP contribution in [0.15, 0.2) is 84.9 Å². The molecule has 1 N–H and O–H groups in total. The maximum atomic E-state index is 13.1. The van der Waals surface area contributed by atoms with Crippen LogP contribution in [-0.4, -0.2) is 12.5 Å². The lowest BCUT2D eigenvalue weighted by Crippen LogP contribution is -2.45. The van der Waals surface area contributed by atoms with Gasteiger partial charge < -0.3 is 4.74 Å². The van der Waals surface area contributed by atoms with E-state index >= 15 is 0 Å². The van der Waals surface area contributed by atoms with Crippen LogP contribution in [0.1, 0.15) is 23.5 Å². The first-order valence-corrected chi connectivity index (χ1v) is 9.20. The fourth-order valence-electron chi connectivity index (χ4n) is 3.39. The fraction of sp³-hybridized carbons (Fsp3) is 0.174. The van der Waals surface area contributed by atoms with Crippen molar-refractivity contribution in [1.82, 2.24) is 5.43 Å². The molecule has 27 heavy (non-hydrogen) atoms. The Morgan fingerprint density at radius 3 is 2.37 bits per heavy atom. The molecule has 0 aliphatic carbocycles. The molecule has 1 unspecified atom stereocenters. The number of carbonyl (C=O) groups is 1. The number of rotatable bonds is 5. The number of fused-ring (bicyclic) bond motifs is 1. The highest BCUT2D eigenvalue weighted by molar-refractivity contribution is 5.86. The third-order valence-corrected chi connectivity index (χ3v) is 4.77. The van der Waals surface area contributed by atoms with Crippen LogP contribution in [0.5, 0.6) is 5.75 Å². The predicted molar refractivity (Wildman–Crippen MR) is 107 cm³/mol. The van der Waals surface area contributed by atoms with E-state index < -0.39 is 0 Å². The lowest BCUT2D eigenvalue weighted by Gasteiger charge is -2.30. The minimum absolute atomic E-state index is 0.00876. The van der Waals surface area contributed by atoms with Gasteiger partial charge in [0.05, 0.1) is 24.8 Å². The second-order valence-corrected chi connectivity index (χ2v) is 6.61. The quantitative estimate of drug-likeness (QED) is 0.692. The van der Waals surface area contributed by atoms with Gasteiger partial charge in [0.25, 0.3) is 0 Å². The van der Waals surface area contributed by atoms with Crippen molar-refractivity contribution in [3.05, 3.63) is 96.1 Å². The Bertz CT molecular complexity index is 897. The SMILES string of the molecule is O=C(NN(Cc1ccccc1)c1ccccc1)C1CCOc2ccccc21. The highest BCUT2D eigenvalue weighted by Crippen LogP contribution is 2.33. The number of hydrogen-bond acceptors (Lipinski definition) is 3. The van der Waals surface area contributed by atoms with Crippen molar-refractivity contribution in [2.45, 2.75) is 18.9 Å². The smallest absolute Gasteiger partial charge is 0.246 e. The average Bonchev–Trinajstić information content (AvgIpc) is 2.74. The monoisotopic (exact) mass is 358 g/mol. The van der Waals surface area contributed by atoms with Gasteiger partial charge in [0.15, 0.2) is 0 Å². The van der Waals surface area contributed by atoms with Crippen molar-refractivity contribution in [3.63, 3.8) is 0 Å². The maximum absolute atomic E-state index is 13.1. The molecule has 0 fully saturated rings. The van der Waals surface area contributed by atoms with Crippen LogP contribution in [0, 0.1) is 0 Å². The molecule has 1 atom stereocenters. The lowest BCUT2D eigenvalue weighted by atomic mass is 9.92. The van der Waals surface area contributed by atoms with Gasteiger partial charge >= 0.3 is 0 Å². The molecule has 0 saturated carbocycles. The van der Waals surface area contributed by atoms with E-state index in [1.54, 1.807) is 0 Å². The van der Waals surface area contributed by atoms with Crippen LogP contribution in [0.4, 0.5) is 5.69 Å². The minimum Gasteiger partial charge on any atom is -0.493 e. The summed E-state index contributed by atoms with van der Waals surface area (Å²) in [5.74, 6) is 0.584. The first-order chi connectivity index (χ1) is 13.3. The Kier molecular flexibility index (Phi) is 5.06. The number of para-hydroxylation sites is 2. The molecule has 4 nitrogen and oxygen atoms in total. The number of nitrogens with zero attached hydrogens (tertiary/aromatic N) is 1. The topological polar surface area (TPSA) is 41.6 Å². The zero-order valence-electron chi connectivity index (χ0n) is 15.0. The van der Waals surface area contributed by atoms with Crippen LogP contribution in [0.2, 0.25) is 0 Å². The van der Waals surface area contributed by atoms with Gasteiger partial charge in [-0.15, -0.1) is 0 Å². The normalized spacial score (nSPS) is 15.3. The number of nitrogens with one attached hydrogen (secondary N) is 1. The zero-order valence-corrected chi connectivity index (χ0v) is 15.0. The van der Waals surface area contributed by atoms with Crippen molar-refractivity contribution in [1.29, 1.82) is 0 Å². The molecule has 1 amide bonds. The molecule has 3 aromatic rings. The highest BCUT2D eigenvalue weighted by Gasteiger charge is 2.28. The second-order valence-electron chi connectivity index (χ2n) is 6.61. The molecule has 0 spiro atoms. The number of hydrogen-bond donors (Lipinski definition) is 1. The van der Waals surface area contributed by atoms with E-state index in [9.17, 15) is 4.79 Å². The number of ether oxygens (including phenoxy) is 1. The number of amides is 1. The van der Waals surface area contributed by atoms with Crippen molar-refractivity contribution >= 4 is 11.6 Å². The van der Waals surface area contributed by atoms with Gasteiger partial charge in [-0.2, -0.15) is 0 Å². The molecule has 4 heteroatoms. The summed E-state index contributed by atoms with van der Waals surface area (Å²) < 4.78 is 5.70. The third-order valence-electron chi connectivity index (χ3n) is 4.77. The molecule has 0 aromatic heterocycles. The van der Waals surface area contributed by atoms with E-state index in [0.29, 0.717) is 19.6 Å². The standard InChI is InChI=1S/C23H22N2O2/c26-23(21-15-16-27-22-14-8-7-13-20(21)22)24-25(19-11-5-2-6-12-19)17-18-9-3-1-4-10-18/h1-14,21H,15-17H2,(H,24,26). The molecular weight excluding hydrogens is 336 g/mol. The predicted octanol–water partition coefficient (Wildman–Crippen LogP) is 4.29. The van der Waals surface area contributed by atoms with Crippen LogP contribution >= 0.6 is 0 Å². The molecule has 136 valence electrons. The number of hydrazine groups is 1. The van der Waals surface area contributed by atoms with E-state index in [-0.39, 0.29) is 11.8 Å². The van der Waals surface area contributed by atoms with Crippen LogP contribution in [0.25, 0.3) is 0 Å². The Labute approximate surface area is 159 Å². The number of benzene rings is 3. The summed E-state index contributed by atoms with van der Waals surface area (Å²) >= 11 is 0. The number of anilines is 1. The second kappa shape index (κ2) is 7.96. The van der Waals surface area contributed by atoms with Crippen molar-refractivity contribution in [2.75, 3.05) is 11.6 Å². The molecule has 0 saturated heterocycles. The molecular formula is C23H22N2O2. The average molecular weight is 358 g/mol. The van der Waals surface area contributed by atoms with E-state index in [4.69, 9.17) is 4.74 Å². The van der Waals surface area contributed by atoms with E-state index in [1.165, 1.54) is 0 Å². The van der Waals surface area contributed by atoms with E-state index in [2.05, 4.69) is 17.6 Å². The minimum atomic E-state index is -0.211. The van der Waals surface area contributed by atoms with Gasteiger partial charge in [0.1, 0.15) is 5.75 Å². The van der Waals surface area contributed by atoms with E-state index in [1.807, 2.05) is 77.8 Å². The third kappa shape index (κ3) is 3.95. The molecule has 1 heterocycles. The zero-order chi connectivity index (χ0) is 18.5. The summed E-state index contributed by atoms with van der Waals surface area (Å²) in [5.41, 5.74) is 6.17. The molecule has 1 aliphatic rings. The van der Waals surface area contributed by atoms with Crippen molar-refractivity contribution in [2.24, 2.45) is 0 Å². The van der Waals surface area contributed by atoms with Crippen molar-refractivity contribution in [3.8, 4) is 5.75 Å². The Balaban J connectivity index is 1.57. The summed E-state index contributed by atoms with van der Waals surface area (Å²) in [5, 5.41) is 1.91. The Morgan fingerprint density at radius 2 is 1.59 bits per heavy atom. The molecule has 4 rings (SSSR count). The molecule has 0 radical (unpaired) electrons. The summed E-state index contributed by atoms with van der Waals surface area (Å²) in [7, 11) is 0. The summed E-state index contributed by atoms with van der Waals surface area (Å²) in [6, 6.07) is 27.8. The van der Waals surface area contributed by atoms with Gasteiger partial charge in [-0.25, -0.2) is 0 Å². The van der Waals surface area contributed by atoms with Crippen LogP contribution < -0.4 is 15.2 Å². The lowest BCUT2D eigenvalue weighted by molar-refractivity contribution is -0.123. The molecule has 0 bridgehead atoms. The van der Waals surface area contributed by atoms with Gasteiger partial charge in [-0.3, -0.25) is 15.2 Å². The Hall–Kier alpha value is -3.27. The summed E-state index contributed by atoms with van der Waals surface area (Å²) in [6.07, 6.45) is 0.677. The van der Waals surface area contributed by atoms with Crippen molar-refractivity contribution < 1.29 is 9.53 Å². The first-order valence-electron chi connectivity index (χ1n) is 9.20. The van der Waals surface area contributed by atoms with Gasteiger partial charge in [0, 0.05) is 5.56 Å². The van der Waals surface area contributed by atoms with Crippen LogP contribution in [0.3, 0.4) is 0 Å². The molecule has 1 aliphatic heterocycles. The maximum Gasteiger partial charge on any atom is 0.246 e. The number of carbonyl (C=O) groups excluding carboxylic acids is 1.